The summed E-state index contributed by atoms with van der Waals surface area (Å²) in [4.78, 5) is 13.3. The smallest absolute Gasteiger partial charge is 0.341 e. The zero-order valence-corrected chi connectivity index (χ0v) is 18.2. The highest BCUT2D eigenvalue weighted by molar-refractivity contribution is 6.14. The van der Waals surface area contributed by atoms with Gasteiger partial charge in [0, 0.05) is 5.69 Å². The molecule has 0 unspecified atom stereocenters. The Morgan fingerprint density at radius 1 is 0.788 bits per heavy atom. The minimum atomic E-state index is -0.459. The molecule has 1 aromatic heterocycles. The van der Waals surface area contributed by atoms with Gasteiger partial charge in [0.25, 0.3) is 0 Å². The highest BCUT2D eigenvalue weighted by atomic mass is 16.5. The van der Waals surface area contributed by atoms with Gasteiger partial charge in [0.1, 0.15) is 5.75 Å². The van der Waals surface area contributed by atoms with Crippen LogP contribution in [-0.4, -0.2) is 22.2 Å². The van der Waals surface area contributed by atoms with Crippen molar-refractivity contribution < 1.29 is 14.6 Å². The van der Waals surface area contributed by atoms with E-state index in [0.717, 1.165) is 27.9 Å². The molecule has 0 saturated carbocycles. The predicted molar refractivity (Wildman–Crippen MR) is 132 cm³/mol. The number of phenolic OH excluding ortho intramolecular Hbond substituents is 1. The third-order valence-corrected chi connectivity index (χ3v) is 5.70. The number of hydrogen-bond donors (Lipinski definition) is 1. The number of nitrogens with zero attached hydrogens (tertiary/aromatic N) is 1. The highest BCUT2D eigenvalue weighted by Crippen LogP contribution is 2.43. The molecule has 1 heterocycles. The van der Waals surface area contributed by atoms with Crippen LogP contribution in [0.5, 0.6) is 5.75 Å². The largest absolute Gasteiger partial charge is 0.507 e. The lowest BCUT2D eigenvalue weighted by Gasteiger charge is -2.13. The predicted octanol–water partition coefficient (Wildman–Crippen LogP) is 6.85. The Labute approximate surface area is 192 Å². The quantitative estimate of drug-likeness (QED) is 0.309. The number of esters is 1. The van der Waals surface area contributed by atoms with Crippen LogP contribution in [0.15, 0.2) is 103 Å². The Balaban J connectivity index is 1.94. The van der Waals surface area contributed by atoms with E-state index in [-0.39, 0.29) is 12.4 Å². The zero-order valence-electron chi connectivity index (χ0n) is 18.2. The molecule has 0 bridgehead atoms. The van der Waals surface area contributed by atoms with Gasteiger partial charge in [-0.2, -0.15) is 0 Å². The Hall–Kier alpha value is -4.31. The summed E-state index contributed by atoms with van der Waals surface area (Å²) < 4.78 is 7.48. The summed E-state index contributed by atoms with van der Waals surface area (Å²) in [6.45, 7) is 2.03. The van der Waals surface area contributed by atoms with E-state index in [4.69, 9.17) is 4.74 Å². The second-order valence-electron chi connectivity index (χ2n) is 7.74. The van der Waals surface area contributed by atoms with Gasteiger partial charge in [-0.25, -0.2) is 4.79 Å². The van der Waals surface area contributed by atoms with Gasteiger partial charge in [0.15, 0.2) is 0 Å². The van der Waals surface area contributed by atoms with Crippen molar-refractivity contribution >= 4 is 16.9 Å². The molecule has 0 aliphatic heterocycles. The maximum absolute atomic E-state index is 13.3. The number of aromatic hydroxyl groups is 1. The van der Waals surface area contributed by atoms with Gasteiger partial charge in [-0.3, -0.25) is 0 Å². The molecule has 1 N–H and O–H groups in total. The van der Waals surface area contributed by atoms with Crippen molar-refractivity contribution in [2.24, 2.45) is 0 Å². The average Bonchev–Trinajstić information content (AvgIpc) is 3.22. The monoisotopic (exact) mass is 433 g/mol. The van der Waals surface area contributed by atoms with E-state index in [0.29, 0.717) is 16.6 Å². The lowest BCUT2D eigenvalue weighted by atomic mass is 10.0. The molecule has 4 nitrogen and oxygen atoms in total. The fraction of sp³-hybridized carbons (Fsp3) is 0.0690. The highest BCUT2D eigenvalue weighted by Gasteiger charge is 2.28. The molecule has 0 radical (unpaired) electrons. The van der Waals surface area contributed by atoms with Gasteiger partial charge in [-0.05, 0) is 47.9 Å². The summed E-state index contributed by atoms with van der Waals surface area (Å²) in [5.74, 6) is -0.417. The van der Waals surface area contributed by atoms with Crippen LogP contribution in [-0.2, 0) is 4.74 Å². The summed E-state index contributed by atoms with van der Waals surface area (Å²) in [7, 11) is 0. The summed E-state index contributed by atoms with van der Waals surface area (Å²) in [6.07, 6.45) is 0. The fourth-order valence-corrected chi connectivity index (χ4v) is 4.31. The Bertz CT molecular complexity index is 1420. The molecule has 4 heteroatoms. The van der Waals surface area contributed by atoms with Crippen molar-refractivity contribution in [3.05, 3.63) is 109 Å². The number of carbonyl (C=O) groups excluding carboxylic acids is 1. The third kappa shape index (κ3) is 3.66. The normalized spacial score (nSPS) is 10.9. The third-order valence-electron chi connectivity index (χ3n) is 5.70. The number of rotatable bonds is 5. The number of fused-ring (bicyclic) bond motifs is 1. The summed E-state index contributed by atoms with van der Waals surface area (Å²) >= 11 is 0. The molecule has 0 saturated heterocycles. The molecule has 0 atom stereocenters. The second-order valence-corrected chi connectivity index (χ2v) is 7.74. The molecule has 5 aromatic rings. The van der Waals surface area contributed by atoms with Gasteiger partial charge in [0.05, 0.1) is 28.8 Å². The van der Waals surface area contributed by atoms with E-state index >= 15 is 0 Å². The molecule has 0 amide bonds. The van der Waals surface area contributed by atoms with Crippen LogP contribution in [0.4, 0.5) is 0 Å². The van der Waals surface area contributed by atoms with Crippen LogP contribution in [0, 0.1) is 0 Å². The van der Waals surface area contributed by atoms with Crippen LogP contribution in [0.2, 0.25) is 0 Å². The van der Waals surface area contributed by atoms with Crippen LogP contribution in [0.25, 0.3) is 39.0 Å². The van der Waals surface area contributed by atoms with Crippen LogP contribution >= 0.6 is 0 Å². The fourth-order valence-electron chi connectivity index (χ4n) is 4.31. The molecule has 33 heavy (non-hydrogen) atoms. The molecular formula is C29H23NO3. The average molecular weight is 434 g/mol. The van der Waals surface area contributed by atoms with Crippen LogP contribution < -0.4 is 0 Å². The van der Waals surface area contributed by atoms with Gasteiger partial charge in [0.2, 0.25) is 0 Å². The molecule has 162 valence electrons. The van der Waals surface area contributed by atoms with Crippen molar-refractivity contribution in [3.8, 4) is 33.8 Å². The first-order valence-corrected chi connectivity index (χ1v) is 10.9. The summed E-state index contributed by atoms with van der Waals surface area (Å²) in [6, 6.07) is 33.2. The Morgan fingerprint density at radius 2 is 1.36 bits per heavy atom. The molecule has 0 aliphatic rings. The molecule has 0 aliphatic carbocycles. The number of ether oxygens (including phenoxy) is 1. The molecule has 0 spiro atoms. The second kappa shape index (κ2) is 8.67. The number of benzene rings is 4. The standard InChI is InChI=1S/C29H23NO3/c1-2-33-29(32)27-26-24(18-22(19-25(26)31)20-12-6-3-7-13-20)30(23-16-10-5-11-17-23)28(27)21-14-8-4-9-15-21/h3-19,31H,2H2,1H3. The molecular weight excluding hydrogens is 410 g/mol. The van der Waals surface area contributed by atoms with E-state index in [2.05, 4.69) is 0 Å². The number of phenols is 1. The summed E-state index contributed by atoms with van der Waals surface area (Å²) in [5.41, 5.74) is 5.39. The topological polar surface area (TPSA) is 51.5 Å². The Kier molecular flexibility index (Phi) is 5.41. The van der Waals surface area contributed by atoms with E-state index in [9.17, 15) is 9.90 Å². The minimum absolute atomic E-state index is 0.0428. The molecule has 4 aromatic carbocycles. The van der Waals surface area contributed by atoms with E-state index in [1.807, 2.05) is 102 Å². The van der Waals surface area contributed by atoms with E-state index < -0.39 is 5.97 Å². The van der Waals surface area contributed by atoms with Gasteiger partial charge in [-0.15, -0.1) is 0 Å². The maximum atomic E-state index is 13.3. The van der Waals surface area contributed by atoms with E-state index in [1.165, 1.54) is 0 Å². The first kappa shape index (κ1) is 20.6. The first-order valence-electron chi connectivity index (χ1n) is 10.9. The SMILES string of the molecule is CCOC(=O)c1c(-c2ccccc2)n(-c2ccccc2)c2cc(-c3ccccc3)cc(O)c12. The minimum Gasteiger partial charge on any atom is -0.507 e. The summed E-state index contributed by atoms with van der Waals surface area (Å²) in [5, 5.41) is 11.7. The van der Waals surface area contributed by atoms with Gasteiger partial charge >= 0.3 is 5.97 Å². The molecule has 5 rings (SSSR count). The van der Waals surface area contributed by atoms with Gasteiger partial charge < -0.3 is 14.4 Å². The molecule has 0 fully saturated rings. The lowest BCUT2D eigenvalue weighted by molar-refractivity contribution is 0.0529. The van der Waals surface area contributed by atoms with Crippen LogP contribution in [0.1, 0.15) is 17.3 Å². The van der Waals surface area contributed by atoms with Gasteiger partial charge in [-0.1, -0.05) is 78.9 Å². The van der Waals surface area contributed by atoms with Crippen LogP contribution in [0.3, 0.4) is 0 Å². The number of aromatic nitrogens is 1. The van der Waals surface area contributed by atoms with Crippen molar-refractivity contribution in [1.82, 2.24) is 4.57 Å². The van der Waals surface area contributed by atoms with Crippen molar-refractivity contribution in [1.29, 1.82) is 0 Å². The van der Waals surface area contributed by atoms with Crippen molar-refractivity contribution in [2.45, 2.75) is 6.92 Å². The van der Waals surface area contributed by atoms with Crippen molar-refractivity contribution in [3.63, 3.8) is 0 Å². The maximum Gasteiger partial charge on any atom is 0.341 e. The van der Waals surface area contributed by atoms with E-state index in [1.54, 1.807) is 13.0 Å². The lowest BCUT2D eigenvalue weighted by Crippen LogP contribution is -2.07. The number of hydrogen-bond acceptors (Lipinski definition) is 3. The number of para-hydroxylation sites is 1. The first-order chi connectivity index (χ1) is 16.2. The number of carbonyl (C=O) groups is 1. The Morgan fingerprint density at radius 3 is 1.97 bits per heavy atom. The van der Waals surface area contributed by atoms with Crippen molar-refractivity contribution in [2.75, 3.05) is 6.61 Å². The zero-order chi connectivity index (χ0) is 22.8.